The molecule has 0 amide bonds. The quantitative estimate of drug-likeness (QED) is 0.902. The van der Waals surface area contributed by atoms with Crippen LogP contribution in [0, 0.1) is 0 Å². The SMILES string of the molecule is O=c1[nH]ncc(N2CCN(c3nccs3)CC2)c1Cl. The van der Waals surface area contributed by atoms with Crippen LogP contribution in [0.15, 0.2) is 22.6 Å². The second kappa shape index (κ2) is 5.18. The fourth-order valence-corrected chi connectivity index (χ4v) is 3.01. The molecule has 6 nitrogen and oxygen atoms in total. The topological polar surface area (TPSA) is 65.1 Å². The number of rotatable bonds is 2. The van der Waals surface area contributed by atoms with E-state index in [1.807, 2.05) is 11.6 Å². The van der Waals surface area contributed by atoms with Crippen LogP contribution in [0.5, 0.6) is 0 Å². The third kappa shape index (κ3) is 2.43. The third-order valence-electron chi connectivity index (χ3n) is 3.09. The first-order valence-electron chi connectivity index (χ1n) is 5.88. The third-order valence-corrected chi connectivity index (χ3v) is 4.28. The zero-order chi connectivity index (χ0) is 13.2. The number of anilines is 2. The van der Waals surface area contributed by atoms with Crippen molar-refractivity contribution in [2.45, 2.75) is 0 Å². The van der Waals surface area contributed by atoms with E-state index in [-0.39, 0.29) is 10.6 Å². The maximum atomic E-state index is 11.4. The molecular weight excluding hydrogens is 286 g/mol. The Morgan fingerprint density at radius 3 is 2.68 bits per heavy atom. The van der Waals surface area contributed by atoms with Crippen LogP contribution in [0.25, 0.3) is 0 Å². The fourth-order valence-electron chi connectivity index (χ4n) is 2.11. The van der Waals surface area contributed by atoms with Gasteiger partial charge in [0.2, 0.25) is 0 Å². The molecule has 0 aliphatic carbocycles. The summed E-state index contributed by atoms with van der Waals surface area (Å²) in [7, 11) is 0. The minimum Gasteiger partial charge on any atom is -0.365 e. The van der Waals surface area contributed by atoms with E-state index < -0.39 is 0 Å². The first-order valence-corrected chi connectivity index (χ1v) is 7.14. The number of nitrogens with one attached hydrogen (secondary N) is 1. The minimum absolute atomic E-state index is 0.206. The van der Waals surface area contributed by atoms with Crippen molar-refractivity contribution in [3.05, 3.63) is 33.2 Å². The molecule has 2 aromatic rings. The number of thiazole rings is 1. The molecule has 0 saturated carbocycles. The zero-order valence-corrected chi connectivity index (χ0v) is 11.6. The first-order chi connectivity index (χ1) is 9.25. The molecule has 1 aliphatic heterocycles. The number of hydrogen-bond donors (Lipinski definition) is 1. The molecule has 0 spiro atoms. The number of aromatic nitrogens is 3. The van der Waals surface area contributed by atoms with E-state index in [1.165, 1.54) is 0 Å². The number of aromatic amines is 1. The molecule has 3 rings (SSSR count). The summed E-state index contributed by atoms with van der Waals surface area (Å²) in [5, 5.41) is 9.34. The van der Waals surface area contributed by atoms with E-state index in [1.54, 1.807) is 17.5 Å². The fraction of sp³-hybridized carbons (Fsp3) is 0.364. The van der Waals surface area contributed by atoms with E-state index in [0.717, 1.165) is 31.3 Å². The van der Waals surface area contributed by atoms with Gasteiger partial charge in [-0.25, -0.2) is 10.1 Å². The van der Waals surface area contributed by atoms with Gasteiger partial charge >= 0.3 is 0 Å². The molecule has 19 heavy (non-hydrogen) atoms. The largest absolute Gasteiger partial charge is 0.365 e. The summed E-state index contributed by atoms with van der Waals surface area (Å²) in [5.74, 6) is 0. The molecule has 0 atom stereocenters. The van der Waals surface area contributed by atoms with Crippen LogP contribution in [0.1, 0.15) is 0 Å². The Balaban J connectivity index is 1.73. The van der Waals surface area contributed by atoms with Crippen LogP contribution in [-0.2, 0) is 0 Å². The lowest BCUT2D eigenvalue weighted by molar-refractivity contribution is 0.650. The van der Waals surface area contributed by atoms with Crippen molar-refractivity contribution in [1.82, 2.24) is 15.2 Å². The molecule has 8 heteroatoms. The van der Waals surface area contributed by atoms with E-state index >= 15 is 0 Å². The van der Waals surface area contributed by atoms with Gasteiger partial charge in [0.15, 0.2) is 5.13 Å². The van der Waals surface area contributed by atoms with Crippen molar-refractivity contribution in [1.29, 1.82) is 0 Å². The van der Waals surface area contributed by atoms with Gasteiger partial charge in [-0.2, -0.15) is 5.10 Å². The van der Waals surface area contributed by atoms with Crippen molar-refractivity contribution in [2.24, 2.45) is 0 Å². The molecule has 1 N–H and O–H groups in total. The predicted molar refractivity (Wildman–Crippen MR) is 76.4 cm³/mol. The summed E-state index contributed by atoms with van der Waals surface area (Å²) in [6.07, 6.45) is 3.41. The summed E-state index contributed by atoms with van der Waals surface area (Å²) in [6.45, 7) is 3.31. The van der Waals surface area contributed by atoms with Crippen LogP contribution >= 0.6 is 22.9 Å². The van der Waals surface area contributed by atoms with Gasteiger partial charge in [0.25, 0.3) is 5.56 Å². The molecule has 0 bridgehead atoms. The van der Waals surface area contributed by atoms with Gasteiger partial charge in [-0.1, -0.05) is 11.6 Å². The minimum atomic E-state index is -0.346. The molecule has 3 heterocycles. The zero-order valence-electron chi connectivity index (χ0n) is 10.0. The van der Waals surface area contributed by atoms with Gasteiger partial charge < -0.3 is 9.80 Å². The first kappa shape index (κ1) is 12.4. The van der Waals surface area contributed by atoms with Gasteiger partial charge in [0, 0.05) is 37.8 Å². The maximum absolute atomic E-state index is 11.4. The summed E-state index contributed by atoms with van der Waals surface area (Å²) < 4.78 is 0. The molecule has 1 fully saturated rings. The summed E-state index contributed by atoms with van der Waals surface area (Å²) in [5.41, 5.74) is 0.353. The van der Waals surface area contributed by atoms with Gasteiger partial charge in [0.1, 0.15) is 5.02 Å². The van der Waals surface area contributed by atoms with Gasteiger partial charge in [-0.05, 0) is 0 Å². The normalized spacial score (nSPS) is 15.8. The van der Waals surface area contributed by atoms with Crippen molar-refractivity contribution in [2.75, 3.05) is 36.0 Å². The maximum Gasteiger partial charge on any atom is 0.285 e. The Hall–Kier alpha value is -1.60. The van der Waals surface area contributed by atoms with Crippen LogP contribution in [0.4, 0.5) is 10.8 Å². The van der Waals surface area contributed by atoms with E-state index in [4.69, 9.17) is 11.6 Å². The van der Waals surface area contributed by atoms with E-state index in [2.05, 4.69) is 25.0 Å². The molecule has 1 saturated heterocycles. The average Bonchev–Trinajstić information content (AvgIpc) is 2.96. The van der Waals surface area contributed by atoms with Crippen LogP contribution in [0.3, 0.4) is 0 Å². The Morgan fingerprint density at radius 2 is 2.00 bits per heavy atom. The van der Waals surface area contributed by atoms with Gasteiger partial charge in [0.05, 0.1) is 11.9 Å². The molecular formula is C11H12ClN5OS. The van der Waals surface area contributed by atoms with Gasteiger partial charge in [-0.3, -0.25) is 4.79 Å². The average molecular weight is 298 g/mol. The van der Waals surface area contributed by atoms with Crippen molar-refractivity contribution < 1.29 is 0 Å². The lowest BCUT2D eigenvalue weighted by Gasteiger charge is -2.35. The van der Waals surface area contributed by atoms with E-state index in [9.17, 15) is 4.79 Å². The smallest absolute Gasteiger partial charge is 0.285 e. The monoisotopic (exact) mass is 297 g/mol. The summed E-state index contributed by atoms with van der Waals surface area (Å²) in [4.78, 5) is 20.0. The number of nitrogens with zero attached hydrogens (tertiary/aromatic N) is 4. The second-order valence-corrected chi connectivity index (χ2v) is 5.44. The predicted octanol–water partition coefficient (Wildman–Crippen LogP) is 1.21. The highest BCUT2D eigenvalue weighted by Crippen LogP contribution is 2.24. The number of piperazine rings is 1. The Bertz CT molecular complexity index is 606. The molecule has 2 aromatic heterocycles. The van der Waals surface area contributed by atoms with Crippen LogP contribution < -0.4 is 15.4 Å². The highest BCUT2D eigenvalue weighted by atomic mass is 35.5. The van der Waals surface area contributed by atoms with Crippen molar-refractivity contribution in [3.8, 4) is 0 Å². The summed E-state index contributed by atoms with van der Waals surface area (Å²) >= 11 is 7.65. The second-order valence-electron chi connectivity index (χ2n) is 4.19. The highest BCUT2D eigenvalue weighted by molar-refractivity contribution is 7.13. The Morgan fingerprint density at radius 1 is 1.26 bits per heavy atom. The molecule has 0 aromatic carbocycles. The van der Waals surface area contributed by atoms with Crippen LogP contribution in [-0.4, -0.2) is 41.4 Å². The standard InChI is InChI=1S/C11H12ClN5OS/c12-9-8(7-14-15-10(9)18)16-2-4-17(5-3-16)11-13-1-6-19-11/h1,6-7H,2-5H2,(H,15,18). The molecule has 1 aliphatic rings. The number of halogens is 1. The lowest BCUT2D eigenvalue weighted by Crippen LogP contribution is -2.47. The molecule has 0 unspecified atom stereocenters. The summed E-state index contributed by atoms with van der Waals surface area (Å²) in [6, 6.07) is 0. The van der Waals surface area contributed by atoms with Crippen molar-refractivity contribution >= 4 is 33.8 Å². The lowest BCUT2D eigenvalue weighted by atomic mass is 10.3. The Kier molecular flexibility index (Phi) is 3.39. The highest BCUT2D eigenvalue weighted by Gasteiger charge is 2.21. The molecule has 0 radical (unpaired) electrons. The van der Waals surface area contributed by atoms with Gasteiger partial charge in [-0.15, -0.1) is 11.3 Å². The number of H-pyrrole nitrogens is 1. The Labute approximate surface area is 118 Å². The van der Waals surface area contributed by atoms with Crippen molar-refractivity contribution in [3.63, 3.8) is 0 Å². The molecule has 100 valence electrons. The van der Waals surface area contributed by atoms with E-state index in [0.29, 0.717) is 5.69 Å². The number of hydrogen-bond acceptors (Lipinski definition) is 6. The van der Waals surface area contributed by atoms with Crippen LogP contribution in [0.2, 0.25) is 5.02 Å².